The Kier molecular flexibility index (Phi) is 6.15. The zero-order valence-corrected chi connectivity index (χ0v) is 18.2. The monoisotopic (exact) mass is 441 g/mol. The predicted octanol–water partition coefficient (Wildman–Crippen LogP) is 4.02. The minimum Gasteiger partial charge on any atom is -0.495 e. The highest BCUT2D eigenvalue weighted by Crippen LogP contribution is 2.32. The Morgan fingerprint density at radius 1 is 1.13 bits per heavy atom. The number of aliphatic hydroxyl groups is 1. The number of aromatic nitrogens is 1. The van der Waals surface area contributed by atoms with Crippen LogP contribution in [0.15, 0.2) is 53.1 Å². The smallest absolute Gasteiger partial charge is 0.259 e. The van der Waals surface area contributed by atoms with E-state index in [1.54, 1.807) is 43.2 Å². The molecule has 1 aliphatic rings. The number of hydrogen-bond donors (Lipinski definition) is 1. The minimum atomic E-state index is -0.956. The molecule has 0 radical (unpaired) electrons. The van der Waals surface area contributed by atoms with Crippen molar-refractivity contribution in [3.05, 3.63) is 64.9 Å². The lowest BCUT2D eigenvalue weighted by Gasteiger charge is -2.36. The number of carbonyl (C=O) groups is 1. The number of carbonyl (C=O) groups excluding carboxylic acids is 1. The molecule has 7 nitrogen and oxygen atoms in total. The molecule has 2 aromatic carbocycles. The van der Waals surface area contributed by atoms with Crippen LogP contribution in [0.3, 0.4) is 0 Å². The van der Waals surface area contributed by atoms with E-state index in [0.29, 0.717) is 48.0 Å². The third-order valence-electron chi connectivity index (χ3n) is 5.42. The highest BCUT2D eigenvalue weighted by Gasteiger charge is 2.32. The summed E-state index contributed by atoms with van der Waals surface area (Å²) < 4.78 is 10.8. The van der Waals surface area contributed by atoms with Crippen molar-refractivity contribution < 1.29 is 19.2 Å². The van der Waals surface area contributed by atoms with Crippen molar-refractivity contribution in [1.29, 1.82) is 0 Å². The molecule has 1 amide bonds. The Morgan fingerprint density at radius 3 is 2.45 bits per heavy atom. The second kappa shape index (κ2) is 8.99. The van der Waals surface area contributed by atoms with Crippen LogP contribution in [0.5, 0.6) is 5.75 Å². The Balaban J connectivity index is 1.57. The summed E-state index contributed by atoms with van der Waals surface area (Å²) in [5.41, 5.74) is 2.41. The summed E-state index contributed by atoms with van der Waals surface area (Å²) in [6.45, 7) is 3.95. The Bertz CT molecular complexity index is 1060. The van der Waals surface area contributed by atoms with Gasteiger partial charge in [-0.05, 0) is 31.2 Å². The van der Waals surface area contributed by atoms with Gasteiger partial charge < -0.3 is 24.2 Å². The van der Waals surface area contributed by atoms with Gasteiger partial charge >= 0.3 is 0 Å². The van der Waals surface area contributed by atoms with E-state index in [4.69, 9.17) is 20.9 Å². The SMILES string of the molecule is COc1ccccc1N1CCN(C(=O)c2c(-c3ccc(Cl)cc3)noc2C(C)O)CC1. The number of hydrogen-bond acceptors (Lipinski definition) is 6. The number of methoxy groups -OCH3 is 1. The third kappa shape index (κ3) is 4.24. The van der Waals surface area contributed by atoms with Gasteiger partial charge in [-0.1, -0.05) is 41.0 Å². The number of ether oxygens (including phenoxy) is 1. The molecule has 0 bridgehead atoms. The van der Waals surface area contributed by atoms with Crippen LogP contribution in [0, 0.1) is 0 Å². The molecule has 3 aromatic rings. The molecule has 162 valence electrons. The molecular formula is C23H24ClN3O4. The zero-order valence-electron chi connectivity index (χ0n) is 17.4. The molecule has 1 N–H and O–H groups in total. The first-order valence-corrected chi connectivity index (χ1v) is 10.5. The highest BCUT2D eigenvalue weighted by atomic mass is 35.5. The molecule has 8 heteroatoms. The lowest BCUT2D eigenvalue weighted by Crippen LogP contribution is -2.49. The Morgan fingerprint density at radius 2 is 1.81 bits per heavy atom. The van der Waals surface area contributed by atoms with Gasteiger partial charge in [0.1, 0.15) is 23.1 Å². The van der Waals surface area contributed by atoms with Gasteiger partial charge in [-0.3, -0.25) is 4.79 Å². The van der Waals surface area contributed by atoms with Gasteiger partial charge in [-0.25, -0.2) is 0 Å². The van der Waals surface area contributed by atoms with Crippen LogP contribution >= 0.6 is 11.6 Å². The van der Waals surface area contributed by atoms with Gasteiger partial charge in [-0.15, -0.1) is 0 Å². The van der Waals surface area contributed by atoms with Crippen LogP contribution in [-0.2, 0) is 0 Å². The summed E-state index contributed by atoms with van der Waals surface area (Å²) in [5.74, 6) is 0.770. The van der Waals surface area contributed by atoms with Crippen molar-refractivity contribution in [2.45, 2.75) is 13.0 Å². The van der Waals surface area contributed by atoms with E-state index in [0.717, 1.165) is 11.4 Å². The van der Waals surface area contributed by atoms with E-state index in [-0.39, 0.29) is 11.7 Å². The van der Waals surface area contributed by atoms with Gasteiger partial charge in [0.15, 0.2) is 5.76 Å². The molecule has 1 unspecified atom stereocenters. The maximum Gasteiger partial charge on any atom is 0.259 e. The van der Waals surface area contributed by atoms with Gasteiger partial charge in [0.25, 0.3) is 5.91 Å². The van der Waals surface area contributed by atoms with E-state index < -0.39 is 6.10 Å². The van der Waals surface area contributed by atoms with Crippen molar-refractivity contribution in [2.24, 2.45) is 0 Å². The van der Waals surface area contributed by atoms with E-state index in [1.807, 2.05) is 24.3 Å². The van der Waals surface area contributed by atoms with Crippen LogP contribution in [-0.4, -0.2) is 54.4 Å². The molecule has 31 heavy (non-hydrogen) atoms. The number of rotatable bonds is 5. The van der Waals surface area contributed by atoms with E-state index in [2.05, 4.69) is 10.1 Å². The maximum atomic E-state index is 13.5. The predicted molar refractivity (Wildman–Crippen MR) is 119 cm³/mol. The van der Waals surface area contributed by atoms with E-state index in [1.165, 1.54) is 0 Å². The Hall–Kier alpha value is -3.03. The molecular weight excluding hydrogens is 418 g/mol. The topological polar surface area (TPSA) is 79.0 Å². The van der Waals surface area contributed by atoms with Gasteiger partial charge in [0.05, 0.1) is 12.8 Å². The lowest BCUT2D eigenvalue weighted by molar-refractivity contribution is 0.0735. The summed E-state index contributed by atoms with van der Waals surface area (Å²) in [7, 11) is 1.65. The summed E-state index contributed by atoms with van der Waals surface area (Å²) in [6, 6.07) is 14.9. The van der Waals surface area contributed by atoms with Gasteiger partial charge in [0.2, 0.25) is 0 Å². The molecule has 2 heterocycles. The van der Waals surface area contributed by atoms with E-state index in [9.17, 15) is 9.90 Å². The van der Waals surface area contributed by atoms with Crippen LogP contribution in [0.25, 0.3) is 11.3 Å². The number of nitrogens with zero attached hydrogens (tertiary/aromatic N) is 3. The van der Waals surface area contributed by atoms with Crippen molar-refractivity contribution in [1.82, 2.24) is 10.1 Å². The summed E-state index contributed by atoms with van der Waals surface area (Å²) >= 11 is 5.99. The second-order valence-corrected chi connectivity index (χ2v) is 7.84. The molecule has 1 saturated heterocycles. The number of amides is 1. The Labute approximate surface area is 185 Å². The van der Waals surface area contributed by atoms with Gasteiger partial charge in [0, 0.05) is 36.8 Å². The fraction of sp³-hybridized carbons (Fsp3) is 0.304. The lowest BCUT2D eigenvalue weighted by atomic mass is 10.0. The van der Waals surface area contributed by atoms with Crippen molar-refractivity contribution >= 4 is 23.2 Å². The molecule has 0 aliphatic carbocycles. The largest absolute Gasteiger partial charge is 0.495 e. The molecule has 4 rings (SSSR count). The number of piperazine rings is 1. The van der Waals surface area contributed by atoms with Crippen molar-refractivity contribution in [3.63, 3.8) is 0 Å². The van der Waals surface area contributed by atoms with Crippen molar-refractivity contribution in [3.8, 4) is 17.0 Å². The van der Waals surface area contributed by atoms with Crippen molar-refractivity contribution in [2.75, 3.05) is 38.2 Å². The van der Waals surface area contributed by atoms with Crippen LogP contribution in [0.1, 0.15) is 29.1 Å². The first-order valence-electron chi connectivity index (χ1n) is 10.1. The molecule has 1 atom stereocenters. The van der Waals surface area contributed by atoms with Crippen LogP contribution in [0.2, 0.25) is 5.02 Å². The number of benzene rings is 2. The average Bonchev–Trinajstić information content (AvgIpc) is 3.24. The number of halogens is 1. The number of anilines is 1. The summed E-state index contributed by atoms with van der Waals surface area (Å²) in [6.07, 6.45) is -0.956. The fourth-order valence-electron chi connectivity index (χ4n) is 3.80. The minimum absolute atomic E-state index is 0.169. The highest BCUT2D eigenvalue weighted by molar-refractivity contribution is 6.30. The standard InChI is InChI=1S/C23H24ClN3O4/c1-15(28)22-20(21(25-31-22)16-7-9-17(24)10-8-16)23(29)27-13-11-26(12-14-27)18-5-3-4-6-19(18)30-2/h3-10,15,28H,11-14H2,1-2H3. The molecule has 0 saturated carbocycles. The molecule has 0 spiro atoms. The van der Waals surface area contributed by atoms with Gasteiger partial charge in [-0.2, -0.15) is 0 Å². The normalized spacial score (nSPS) is 15.1. The quantitative estimate of drug-likeness (QED) is 0.644. The summed E-state index contributed by atoms with van der Waals surface area (Å²) in [5, 5.41) is 14.8. The van der Waals surface area contributed by atoms with Crippen LogP contribution < -0.4 is 9.64 Å². The molecule has 1 fully saturated rings. The average molecular weight is 442 g/mol. The summed E-state index contributed by atoms with van der Waals surface area (Å²) in [4.78, 5) is 17.4. The first-order chi connectivity index (χ1) is 15.0. The third-order valence-corrected chi connectivity index (χ3v) is 5.67. The molecule has 1 aliphatic heterocycles. The maximum absolute atomic E-state index is 13.5. The van der Waals surface area contributed by atoms with Crippen LogP contribution in [0.4, 0.5) is 5.69 Å². The zero-order chi connectivity index (χ0) is 22.0. The number of aliphatic hydroxyl groups excluding tert-OH is 1. The first kappa shape index (κ1) is 21.2. The number of para-hydroxylation sites is 2. The fourth-order valence-corrected chi connectivity index (χ4v) is 3.93. The molecule has 1 aromatic heterocycles. The van der Waals surface area contributed by atoms with E-state index >= 15 is 0 Å². The second-order valence-electron chi connectivity index (χ2n) is 7.40.